The van der Waals surface area contributed by atoms with E-state index in [9.17, 15) is 21.5 Å². The van der Waals surface area contributed by atoms with Crippen molar-refractivity contribution in [2.75, 3.05) is 0 Å². The van der Waals surface area contributed by atoms with Gasteiger partial charge in [0.05, 0.1) is 0 Å². The van der Waals surface area contributed by atoms with E-state index in [-0.39, 0.29) is 0 Å². The summed E-state index contributed by atoms with van der Waals surface area (Å²) in [5.41, 5.74) is 0. The number of rotatable bonds is 2. The molecule has 0 rings (SSSR count). The summed E-state index contributed by atoms with van der Waals surface area (Å²) in [7, 11) is -5.42. The molecule has 12 heavy (non-hydrogen) atoms. The second-order valence-electron chi connectivity index (χ2n) is 1.91. The molecule has 0 spiro atoms. The first-order valence-corrected chi connectivity index (χ1v) is 4.72. The SMILES string of the molecule is CC.CC(=O)C(C)(F)S(=O)(=O)F. The summed E-state index contributed by atoms with van der Waals surface area (Å²) in [5.74, 6) is -1.37. The van der Waals surface area contributed by atoms with Gasteiger partial charge in [-0.15, -0.1) is 3.89 Å². The smallest absolute Gasteiger partial charge is 0.295 e. The maximum absolute atomic E-state index is 12.4. The van der Waals surface area contributed by atoms with E-state index in [1.807, 2.05) is 13.8 Å². The van der Waals surface area contributed by atoms with E-state index in [1.165, 1.54) is 0 Å². The molecule has 1 atom stereocenters. The zero-order valence-electron chi connectivity index (χ0n) is 7.39. The molecular weight excluding hydrogens is 190 g/mol. The van der Waals surface area contributed by atoms with Crippen LogP contribution in [0.5, 0.6) is 0 Å². The van der Waals surface area contributed by atoms with Gasteiger partial charge in [-0.05, 0) is 13.8 Å². The Morgan fingerprint density at radius 3 is 1.58 bits per heavy atom. The molecule has 1 unspecified atom stereocenters. The van der Waals surface area contributed by atoms with Crippen LogP contribution in [0.25, 0.3) is 0 Å². The van der Waals surface area contributed by atoms with Crippen LogP contribution < -0.4 is 0 Å². The van der Waals surface area contributed by atoms with Crippen molar-refractivity contribution in [1.82, 2.24) is 0 Å². The number of Topliss-reactive ketones (excluding diaryl/α,β-unsaturated/α-hetero) is 1. The molecule has 0 fully saturated rings. The molecule has 0 aliphatic heterocycles. The summed E-state index contributed by atoms with van der Waals surface area (Å²) < 4.78 is 43.9. The third kappa shape index (κ3) is 3.25. The van der Waals surface area contributed by atoms with Crippen LogP contribution in [0.2, 0.25) is 0 Å². The van der Waals surface area contributed by atoms with Crippen LogP contribution in [-0.4, -0.2) is 19.2 Å². The van der Waals surface area contributed by atoms with E-state index < -0.39 is 21.0 Å². The molecular formula is C6H12F2O3S. The quantitative estimate of drug-likeness (QED) is 0.639. The van der Waals surface area contributed by atoms with Crippen LogP contribution in [0.4, 0.5) is 8.28 Å². The largest absolute Gasteiger partial charge is 0.345 e. The van der Waals surface area contributed by atoms with Gasteiger partial charge in [0.2, 0.25) is 0 Å². The van der Waals surface area contributed by atoms with Gasteiger partial charge in [0.1, 0.15) is 0 Å². The lowest BCUT2D eigenvalue weighted by atomic mass is 10.3. The van der Waals surface area contributed by atoms with Crippen LogP contribution in [0.1, 0.15) is 27.7 Å². The normalized spacial score (nSPS) is 15.5. The van der Waals surface area contributed by atoms with Crippen LogP contribution in [-0.2, 0) is 15.0 Å². The fourth-order valence-corrected chi connectivity index (χ4v) is 0.515. The molecule has 0 radical (unpaired) electrons. The summed E-state index contributed by atoms with van der Waals surface area (Å²) in [6.45, 7) is 5.03. The van der Waals surface area contributed by atoms with Gasteiger partial charge in [0.25, 0.3) is 5.00 Å². The van der Waals surface area contributed by atoms with Crippen molar-refractivity contribution in [3.05, 3.63) is 0 Å². The molecule has 0 aromatic heterocycles. The number of alkyl halides is 1. The predicted molar refractivity (Wildman–Crippen MR) is 41.6 cm³/mol. The first-order chi connectivity index (χ1) is 5.19. The highest BCUT2D eigenvalue weighted by atomic mass is 32.3. The molecule has 0 bridgehead atoms. The fraction of sp³-hybridized carbons (Fsp3) is 0.833. The molecule has 0 saturated carbocycles. The number of carbonyl (C=O) groups is 1. The van der Waals surface area contributed by atoms with Crippen molar-refractivity contribution in [3.8, 4) is 0 Å². The highest BCUT2D eigenvalue weighted by Crippen LogP contribution is 2.21. The Balaban J connectivity index is 0. The summed E-state index contributed by atoms with van der Waals surface area (Å²) in [6, 6.07) is 0. The minimum absolute atomic E-state index is 0.366. The van der Waals surface area contributed by atoms with Gasteiger partial charge < -0.3 is 0 Å². The zero-order chi connectivity index (χ0) is 10.6. The maximum Gasteiger partial charge on any atom is 0.345 e. The Hall–Kier alpha value is -0.520. The summed E-state index contributed by atoms with van der Waals surface area (Å²) in [4.78, 5) is 10.1. The Morgan fingerprint density at radius 2 is 1.58 bits per heavy atom. The molecule has 0 aromatic rings. The molecule has 0 N–H and O–H groups in total. The van der Waals surface area contributed by atoms with E-state index in [2.05, 4.69) is 0 Å². The van der Waals surface area contributed by atoms with Gasteiger partial charge in [-0.25, -0.2) is 4.39 Å². The topological polar surface area (TPSA) is 51.2 Å². The van der Waals surface area contributed by atoms with Crippen molar-refractivity contribution < 1.29 is 21.5 Å². The Morgan fingerprint density at radius 1 is 1.33 bits per heavy atom. The number of carbonyl (C=O) groups excluding carboxylic acids is 1. The molecule has 0 aliphatic carbocycles. The minimum Gasteiger partial charge on any atom is -0.295 e. The van der Waals surface area contributed by atoms with E-state index in [1.54, 1.807) is 0 Å². The van der Waals surface area contributed by atoms with E-state index in [0.717, 1.165) is 0 Å². The summed E-state index contributed by atoms with van der Waals surface area (Å²) in [5, 5.41) is -3.40. The van der Waals surface area contributed by atoms with Gasteiger partial charge in [-0.3, -0.25) is 4.79 Å². The van der Waals surface area contributed by atoms with Crippen LogP contribution in [0.15, 0.2) is 0 Å². The number of hydrogen-bond donors (Lipinski definition) is 0. The Kier molecular flexibility index (Phi) is 5.25. The monoisotopic (exact) mass is 202 g/mol. The predicted octanol–water partition coefficient (Wildman–Crippen LogP) is 1.59. The average molecular weight is 202 g/mol. The fourth-order valence-electron chi connectivity index (χ4n) is 0.172. The van der Waals surface area contributed by atoms with Crippen molar-refractivity contribution in [2.45, 2.75) is 32.7 Å². The molecule has 0 aromatic carbocycles. The molecule has 0 heterocycles. The van der Waals surface area contributed by atoms with Crippen molar-refractivity contribution >= 4 is 16.0 Å². The van der Waals surface area contributed by atoms with Gasteiger partial charge in [0.15, 0.2) is 5.78 Å². The van der Waals surface area contributed by atoms with Crippen LogP contribution in [0, 0.1) is 0 Å². The van der Waals surface area contributed by atoms with Crippen LogP contribution >= 0.6 is 0 Å². The molecule has 0 amide bonds. The minimum atomic E-state index is -5.42. The first kappa shape index (κ1) is 14.0. The second kappa shape index (κ2) is 4.49. The molecule has 74 valence electrons. The van der Waals surface area contributed by atoms with Gasteiger partial charge in [-0.1, -0.05) is 13.8 Å². The van der Waals surface area contributed by atoms with Crippen molar-refractivity contribution in [2.24, 2.45) is 0 Å². The summed E-state index contributed by atoms with van der Waals surface area (Å²) in [6.07, 6.45) is 0. The standard InChI is InChI=1S/C4H6F2O3S.C2H6/c1-3(7)4(2,5)10(6,8)9;1-2/h1-2H3;1-2H3. The van der Waals surface area contributed by atoms with Gasteiger partial charge in [-0.2, -0.15) is 8.42 Å². The number of halogens is 2. The lowest BCUT2D eigenvalue weighted by molar-refractivity contribution is -0.123. The Labute approximate surface area is 71.0 Å². The third-order valence-electron chi connectivity index (χ3n) is 1.09. The summed E-state index contributed by atoms with van der Waals surface area (Å²) >= 11 is 0. The van der Waals surface area contributed by atoms with Crippen molar-refractivity contribution in [1.29, 1.82) is 0 Å². The molecule has 0 aliphatic rings. The van der Waals surface area contributed by atoms with E-state index in [4.69, 9.17) is 0 Å². The second-order valence-corrected chi connectivity index (χ2v) is 3.55. The Bertz CT molecular complexity index is 244. The lowest BCUT2D eigenvalue weighted by Crippen LogP contribution is -2.34. The molecule has 6 heteroatoms. The van der Waals surface area contributed by atoms with Crippen molar-refractivity contribution in [3.63, 3.8) is 0 Å². The highest BCUT2D eigenvalue weighted by Gasteiger charge is 2.44. The maximum atomic E-state index is 12.4. The van der Waals surface area contributed by atoms with Gasteiger partial charge >= 0.3 is 10.2 Å². The molecule has 0 saturated heterocycles. The number of hydrogen-bond acceptors (Lipinski definition) is 3. The highest BCUT2D eigenvalue weighted by molar-refractivity contribution is 7.88. The van der Waals surface area contributed by atoms with E-state index in [0.29, 0.717) is 13.8 Å². The molecule has 3 nitrogen and oxygen atoms in total. The third-order valence-corrected chi connectivity index (χ3v) is 2.29. The average Bonchev–Trinajstić information content (AvgIpc) is 1.89. The lowest BCUT2D eigenvalue weighted by Gasteiger charge is -2.09. The van der Waals surface area contributed by atoms with Crippen LogP contribution in [0.3, 0.4) is 0 Å². The number of ketones is 1. The van der Waals surface area contributed by atoms with E-state index >= 15 is 0 Å². The first-order valence-electron chi connectivity index (χ1n) is 3.33. The van der Waals surface area contributed by atoms with Gasteiger partial charge in [0, 0.05) is 0 Å². The zero-order valence-corrected chi connectivity index (χ0v) is 8.21.